The number of alkyl halides is 3. The van der Waals surface area contributed by atoms with Crippen molar-refractivity contribution in [3.05, 3.63) is 25.0 Å². The Bertz CT molecular complexity index is 114. The maximum Gasteiger partial charge on any atom is 0.572 e. The van der Waals surface area contributed by atoms with Crippen LogP contribution in [0.5, 0.6) is 0 Å². The first-order valence-electron chi connectivity index (χ1n) is 2.08. The highest BCUT2D eigenvalue weighted by molar-refractivity contribution is 4.92. The Kier molecular flexibility index (Phi) is 2.84. The lowest BCUT2D eigenvalue weighted by Gasteiger charge is -2.01. The first-order chi connectivity index (χ1) is 4.06. The van der Waals surface area contributed by atoms with E-state index in [9.17, 15) is 13.2 Å². The first-order valence-corrected chi connectivity index (χ1v) is 2.08. The van der Waals surface area contributed by atoms with Gasteiger partial charge in [-0.05, 0) is 6.08 Å². The van der Waals surface area contributed by atoms with Crippen LogP contribution in [0.25, 0.3) is 0 Å². The number of halogens is 3. The minimum Gasteiger partial charge on any atom is -0.414 e. The molecule has 9 heavy (non-hydrogen) atoms. The molecule has 0 N–H and O–H groups in total. The summed E-state index contributed by atoms with van der Waals surface area (Å²) in [6.07, 6.45) is -1.83. The van der Waals surface area contributed by atoms with Gasteiger partial charge < -0.3 is 4.74 Å². The molecule has 0 aliphatic heterocycles. The third-order valence-electron chi connectivity index (χ3n) is 0.416. The monoisotopic (exact) mass is 138 g/mol. The number of hydrogen-bond acceptors (Lipinski definition) is 1. The third kappa shape index (κ3) is 7.07. The number of allylic oxidation sites excluding steroid dienone is 2. The van der Waals surface area contributed by atoms with Crippen molar-refractivity contribution < 1.29 is 17.9 Å². The Morgan fingerprint density at radius 3 is 2.22 bits per heavy atom. The molecule has 0 bridgehead atoms. The number of ether oxygens (including phenoxy) is 1. The Balaban J connectivity index is 3.50. The van der Waals surface area contributed by atoms with E-state index in [-0.39, 0.29) is 0 Å². The molecule has 0 aromatic carbocycles. The van der Waals surface area contributed by atoms with Crippen molar-refractivity contribution in [2.24, 2.45) is 0 Å². The van der Waals surface area contributed by atoms with Gasteiger partial charge in [0, 0.05) is 0 Å². The Hall–Kier alpha value is -0.930. The summed E-state index contributed by atoms with van der Waals surface area (Å²) in [5.74, 6) is 0. The van der Waals surface area contributed by atoms with Crippen molar-refractivity contribution in [1.82, 2.24) is 0 Å². The molecule has 0 aromatic heterocycles. The Morgan fingerprint density at radius 1 is 1.33 bits per heavy atom. The maximum absolute atomic E-state index is 11.1. The van der Waals surface area contributed by atoms with Crippen LogP contribution in [0.1, 0.15) is 0 Å². The quantitative estimate of drug-likeness (QED) is 0.420. The van der Waals surface area contributed by atoms with E-state index in [1.807, 2.05) is 0 Å². The largest absolute Gasteiger partial charge is 0.572 e. The van der Waals surface area contributed by atoms with Crippen LogP contribution in [-0.2, 0) is 4.74 Å². The summed E-state index contributed by atoms with van der Waals surface area (Å²) in [5.41, 5.74) is 0. The summed E-state index contributed by atoms with van der Waals surface area (Å²) in [6, 6.07) is 0. The van der Waals surface area contributed by atoms with Gasteiger partial charge in [0.15, 0.2) is 0 Å². The van der Waals surface area contributed by atoms with Gasteiger partial charge >= 0.3 is 6.36 Å². The van der Waals surface area contributed by atoms with Crippen LogP contribution in [0.2, 0.25) is 0 Å². The molecule has 0 aromatic rings. The molecule has 0 aliphatic carbocycles. The summed E-state index contributed by atoms with van der Waals surface area (Å²) < 4.78 is 36.4. The zero-order valence-corrected chi connectivity index (χ0v) is 4.48. The van der Waals surface area contributed by atoms with Crippen LogP contribution in [-0.4, -0.2) is 6.36 Å². The molecule has 0 amide bonds. The average molecular weight is 138 g/mol. The van der Waals surface area contributed by atoms with Crippen LogP contribution in [0.3, 0.4) is 0 Å². The predicted molar refractivity (Wildman–Crippen MR) is 26.5 cm³/mol. The molecule has 0 aliphatic rings. The van der Waals surface area contributed by atoms with Crippen molar-refractivity contribution >= 4 is 0 Å². The first kappa shape index (κ1) is 8.07. The minimum absolute atomic E-state index is 0.521. The third-order valence-corrected chi connectivity index (χ3v) is 0.416. The lowest BCUT2D eigenvalue weighted by atomic mass is 10.6. The van der Waals surface area contributed by atoms with Gasteiger partial charge in [-0.2, -0.15) is 0 Å². The van der Waals surface area contributed by atoms with E-state index in [4.69, 9.17) is 0 Å². The smallest absolute Gasteiger partial charge is 0.414 e. The van der Waals surface area contributed by atoms with Crippen molar-refractivity contribution in [1.29, 1.82) is 0 Å². The lowest BCUT2D eigenvalue weighted by Crippen LogP contribution is -2.08. The van der Waals surface area contributed by atoms with Crippen LogP contribution in [0.4, 0.5) is 13.2 Å². The fourth-order valence-corrected chi connectivity index (χ4v) is 0.172. The topological polar surface area (TPSA) is 9.23 Å². The molecule has 0 heterocycles. The van der Waals surface area contributed by atoms with Gasteiger partial charge in [0.25, 0.3) is 0 Å². The Morgan fingerprint density at radius 2 is 1.89 bits per heavy atom. The molecular formula is C5H5F3O. The lowest BCUT2D eigenvalue weighted by molar-refractivity contribution is -0.298. The molecule has 1 nitrogen and oxygen atoms in total. The van der Waals surface area contributed by atoms with E-state index in [2.05, 4.69) is 11.3 Å². The summed E-state index contributed by atoms with van der Waals surface area (Å²) in [7, 11) is 0. The molecule has 0 atom stereocenters. The van der Waals surface area contributed by atoms with E-state index in [1.165, 1.54) is 6.08 Å². The standard InChI is InChI=1S/C5H5F3O/c1-2-3-4-9-5(6,7)8/h2-4H,1H2/b4-3+. The normalized spacial score (nSPS) is 11.9. The zero-order chi connectivity index (χ0) is 7.33. The van der Waals surface area contributed by atoms with Crippen LogP contribution in [0.15, 0.2) is 25.0 Å². The summed E-state index contributed by atoms with van der Waals surface area (Å²) in [5, 5.41) is 0. The highest BCUT2D eigenvalue weighted by atomic mass is 19.4. The second-order valence-corrected chi connectivity index (χ2v) is 1.13. The van der Waals surface area contributed by atoms with Gasteiger partial charge in [-0.25, -0.2) is 0 Å². The average Bonchev–Trinajstić information content (AvgIpc) is 1.63. The summed E-state index contributed by atoms with van der Waals surface area (Å²) >= 11 is 0. The zero-order valence-electron chi connectivity index (χ0n) is 4.48. The van der Waals surface area contributed by atoms with Gasteiger partial charge in [-0.15, -0.1) is 13.2 Å². The second-order valence-electron chi connectivity index (χ2n) is 1.13. The van der Waals surface area contributed by atoms with Crippen molar-refractivity contribution in [3.8, 4) is 0 Å². The van der Waals surface area contributed by atoms with Crippen LogP contribution >= 0.6 is 0 Å². The van der Waals surface area contributed by atoms with Gasteiger partial charge in [0.05, 0.1) is 6.26 Å². The molecule has 0 fully saturated rings. The Labute approximate surface area is 50.4 Å². The van der Waals surface area contributed by atoms with Gasteiger partial charge in [-0.3, -0.25) is 0 Å². The molecule has 0 saturated heterocycles. The fourth-order valence-electron chi connectivity index (χ4n) is 0.172. The van der Waals surface area contributed by atoms with E-state index in [1.54, 1.807) is 0 Å². The van der Waals surface area contributed by atoms with E-state index in [0.717, 1.165) is 6.08 Å². The SMILES string of the molecule is C=C/C=C/OC(F)(F)F. The van der Waals surface area contributed by atoms with E-state index < -0.39 is 6.36 Å². The van der Waals surface area contributed by atoms with Gasteiger partial charge in [0.2, 0.25) is 0 Å². The van der Waals surface area contributed by atoms with E-state index in [0.29, 0.717) is 6.26 Å². The minimum atomic E-state index is -4.58. The highest BCUT2D eigenvalue weighted by Gasteiger charge is 2.28. The molecule has 0 saturated carbocycles. The van der Waals surface area contributed by atoms with E-state index >= 15 is 0 Å². The second kappa shape index (κ2) is 3.17. The highest BCUT2D eigenvalue weighted by Crippen LogP contribution is 2.15. The number of rotatable bonds is 2. The summed E-state index contributed by atoms with van der Waals surface area (Å²) in [6.45, 7) is 3.15. The predicted octanol–water partition coefficient (Wildman–Crippen LogP) is 2.22. The maximum atomic E-state index is 11.1. The molecule has 0 rings (SSSR count). The molecule has 0 spiro atoms. The molecular weight excluding hydrogens is 133 g/mol. The van der Waals surface area contributed by atoms with Crippen molar-refractivity contribution in [2.75, 3.05) is 0 Å². The molecule has 52 valence electrons. The fraction of sp³-hybridized carbons (Fsp3) is 0.200. The summed E-state index contributed by atoms with van der Waals surface area (Å²) in [4.78, 5) is 0. The molecule has 0 unspecified atom stereocenters. The molecule has 4 heteroatoms. The van der Waals surface area contributed by atoms with Crippen molar-refractivity contribution in [3.63, 3.8) is 0 Å². The van der Waals surface area contributed by atoms with Crippen LogP contribution < -0.4 is 0 Å². The van der Waals surface area contributed by atoms with Gasteiger partial charge in [0.1, 0.15) is 0 Å². The van der Waals surface area contributed by atoms with Crippen molar-refractivity contribution in [2.45, 2.75) is 6.36 Å². The van der Waals surface area contributed by atoms with Crippen LogP contribution in [0, 0.1) is 0 Å². The molecule has 0 radical (unpaired) electrons. The number of hydrogen-bond donors (Lipinski definition) is 0. The van der Waals surface area contributed by atoms with Gasteiger partial charge in [-0.1, -0.05) is 12.7 Å².